The summed E-state index contributed by atoms with van der Waals surface area (Å²) in [6.45, 7) is 2.46. The van der Waals surface area contributed by atoms with E-state index < -0.39 is 5.97 Å². The number of rotatable bonds is 11. The molecular formula is C26H24ClN5O4. The number of fused-ring (bicyclic) bond motifs is 4. The van der Waals surface area contributed by atoms with Crippen molar-refractivity contribution in [3.05, 3.63) is 65.4 Å². The Hall–Kier alpha value is -3.95. The molecule has 0 aliphatic carbocycles. The van der Waals surface area contributed by atoms with E-state index in [2.05, 4.69) is 25.8 Å². The smallest absolute Gasteiger partial charge is 0.335 e. The molecule has 0 fully saturated rings. The topological polar surface area (TPSA) is 122 Å². The van der Waals surface area contributed by atoms with Crippen molar-refractivity contribution in [3.8, 4) is 0 Å². The summed E-state index contributed by atoms with van der Waals surface area (Å²) in [6.07, 6.45) is 5.29. The van der Waals surface area contributed by atoms with Crippen LogP contribution in [0.25, 0.3) is 32.6 Å². The Morgan fingerprint density at radius 1 is 0.944 bits per heavy atom. The van der Waals surface area contributed by atoms with E-state index in [4.69, 9.17) is 20.9 Å². The predicted molar refractivity (Wildman–Crippen MR) is 140 cm³/mol. The molecule has 0 atom stereocenters. The first-order valence-corrected chi connectivity index (χ1v) is 12.0. The van der Waals surface area contributed by atoms with E-state index in [1.807, 2.05) is 12.1 Å². The van der Waals surface area contributed by atoms with Crippen LogP contribution in [0.5, 0.6) is 0 Å². The third-order valence-electron chi connectivity index (χ3n) is 5.82. The number of pyridine rings is 2. The van der Waals surface area contributed by atoms with Gasteiger partial charge in [-0.05, 0) is 49.2 Å². The second kappa shape index (κ2) is 10.8. The number of nitrogens with zero attached hydrogens (tertiary/aromatic N) is 3. The second-order valence-corrected chi connectivity index (χ2v) is 8.70. The number of hydrogen-bond donors (Lipinski definition) is 3. The summed E-state index contributed by atoms with van der Waals surface area (Å²) in [6, 6.07) is 12.2. The van der Waals surface area contributed by atoms with Gasteiger partial charge in [-0.1, -0.05) is 22.8 Å². The van der Waals surface area contributed by atoms with Gasteiger partial charge in [0, 0.05) is 53.3 Å². The Morgan fingerprint density at radius 3 is 2.72 bits per heavy atom. The van der Waals surface area contributed by atoms with Crippen molar-refractivity contribution in [2.75, 3.05) is 36.9 Å². The van der Waals surface area contributed by atoms with Gasteiger partial charge in [0.25, 0.3) is 0 Å². The average Bonchev–Trinajstić information content (AvgIpc) is 3.29. The molecule has 0 amide bonds. The molecule has 3 N–H and O–H groups in total. The van der Waals surface area contributed by atoms with Crippen LogP contribution >= 0.6 is 11.6 Å². The number of anilines is 2. The lowest BCUT2D eigenvalue weighted by Crippen LogP contribution is -2.12. The van der Waals surface area contributed by atoms with Crippen molar-refractivity contribution in [2.45, 2.75) is 12.8 Å². The fraction of sp³-hybridized carbons (Fsp3) is 0.231. The maximum Gasteiger partial charge on any atom is 0.335 e. The molecule has 0 unspecified atom stereocenters. The van der Waals surface area contributed by atoms with Crippen LogP contribution in [0.4, 0.5) is 11.6 Å². The van der Waals surface area contributed by atoms with Gasteiger partial charge in [-0.25, -0.2) is 9.78 Å². The molecule has 2 aromatic carbocycles. The van der Waals surface area contributed by atoms with Gasteiger partial charge in [0.05, 0.1) is 23.1 Å². The van der Waals surface area contributed by atoms with Crippen molar-refractivity contribution in [2.24, 2.45) is 0 Å². The zero-order valence-electron chi connectivity index (χ0n) is 19.3. The summed E-state index contributed by atoms with van der Waals surface area (Å²) in [4.78, 5) is 20.3. The largest absolute Gasteiger partial charge is 0.478 e. The number of carboxylic acids is 1. The van der Waals surface area contributed by atoms with Gasteiger partial charge in [0.15, 0.2) is 11.4 Å². The molecule has 0 aliphatic heterocycles. The first-order chi connectivity index (χ1) is 17.6. The number of aromatic carboxylic acids is 1. The van der Waals surface area contributed by atoms with Crippen LogP contribution in [-0.4, -0.2) is 52.5 Å². The molecule has 9 nitrogen and oxygen atoms in total. The van der Waals surface area contributed by atoms with E-state index in [1.54, 1.807) is 42.7 Å². The van der Waals surface area contributed by atoms with Crippen LogP contribution in [0.2, 0.25) is 5.02 Å². The van der Waals surface area contributed by atoms with Gasteiger partial charge in [0.1, 0.15) is 5.82 Å². The molecule has 184 valence electrons. The summed E-state index contributed by atoms with van der Waals surface area (Å²) >= 11 is 6.06. The number of ether oxygens (including phenoxy) is 1. The molecule has 36 heavy (non-hydrogen) atoms. The number of carboxylic acid groups (broad SMARTS) is 1. The lowest BCUT2D eigenvalue weighted by atomic mass is 10.1. The number of halogens is 1. The Kier molecular flexibility index (Phi) is 7.11. The van der Waals surface area contributed by atoms with Crippen molar-refractivity contribution < 1.29 is 19.2 Å². The molecule has 3 aromatic heterocycles. The van der Waals surface area contributed by atoms with E-state index in [-0.39, 0.29) is 5.56 Å². The van der Waals surface area contributed by atoms with Gasteiger partial charge in [-0.2, -0.15) is 0 Å². The third-order valence-corrected chi connectivity index (χ3v) is 6.06. The SMILES string of the molecule is O=C(O)c1ccc2c(c1)nc(NCCOCCCCNc1noc3ccc(Cl)cc13)c1ccncc12. The highest BCUT2D eigenvalue weighted by Gasteiger charge is 2.11. The van der Waals surface area contributed by atoms with E-state index in [9.17, 15) is 9.90 Å². The standard InChI is InChI=1S/C26H24ClN5O4/c27-17-4-6-23-20(14-17)25(32-36-23)29-8-1-2-11-35-12-10-30-24-19-7-9-28-15-21(19)18-5-3-16(26(33)34)13-22(18)31-24/h3-7,9,13-15H,1-2,8,10-12H2,(H,29,32)(H,30,31)(H,33,34). The minimum Gasteiger partial charge on any atom is -0.478 e. The van der Waals surface area contributed by atoms with Crippen LogP contribution in [-0.2, 0) is 4.74 Å². The summed E-state index contributed by atoms with van der Waals surface area (Å²) in [5.74, 6) is 0.385. The van der Waals surface area contributed by atoms with E-state index in [1.165, 1.54) is 0 Å². The lowest BCUT2D eigenvalue weighted by molar-refractivity contribution is 0.0697. The van der Waals surface area contributed by atoms with Gasteiger partial charge in [-0.3, -0.25) is 4.98 Å². The monoisotopic (exact) mass is 505 g/mol. The minimum absolute atomic E-state index is 0.197. The number of benzene rings is 2. The highest BCUT2D eigenvalue weighted by atomic mass is 35.5. The van der Waals surface area contributed by atoms with Crippen molar-refractivity contribution in [3.63, 3.8) is 0 Å². The Labute approximate surface area is 211 Å². The highest BCUT2D eigenvalue weighted by molar-refractivity contribution is 6.31. The highest BCUT2D eigenvalue weighted by Crippen LogP contribution is 2.29. The Bertz CT molecular complexity index is 1540. The summed E-state index contributed by atoms with van der Waals surface area (Å²) in [5, 5.41) is 24.2. The Balaban J connectivity index is 1.09. The first-order valence-electron chi connectivity index (χ1n) is 11.6. The molecule has 0 saturated carbocycles. The molecule has 5 rings (SSSR count). The van der Waals surface area contributed by atoms with Crippen molar-refractivity contribution in [1.82, 2.24) is 15.1 Å². The molecule has 0 saturated heterocycles. The number of hydrogen-bond acceptors (Lipinski definition) is 8. The zero-order valence-corrected chi connectivity index (χ0v) is 20.1. The number of carbonyl (C=O) groups is 1. The summed E-state index contributed by atoms with van der Waals surface area (Å²) in [5.41, 5.74) is 1.50. The molecule has 10 heteroatoms. The third kappa shape index (κ3) is 5.17. The first kappa shape index (κ1) is 23.8. The Morgan fingerprint density at radius 2 is 1.83 bits per heavy atom. The minimum atomic E-state index is -0.984. The molecule has 0 spiro atoms. The fourth-order valence-corrected chi connectivity index (χ4v) is 4.21. The average molecular weight is 506 g/mol. The normalized spacial score (nSPS) is 11.4. The lowest BCUT2D eigenvalue weighted by Gasteiger charge is -2.12. The predicted octanol–water partition coefficient (Wildman–Crippen LogP) is 5.60. The molecular weight excluding hydrogens is 482 g/mol. The zero-order chi connectivity index (χ0) is 24.9. The maximum atomic E-state index is 11.4. The molecule has 3 heterocycles. The molecule has 0 bridgehead atoms. The van der Waals surface area contributed by atoms with Crippen LogP contribution < -0.4 is 10.6 Å². The van der Waals surface area contributed by atoms with E-state index in [0.29, 0.717) is 47.5 Å². The van der Waals surface area contributed by atoms with E-state index >= 15 is 0 Å². The molecule has 0 aliphatic rings. The summed E-state index contributed by atoms with van der Waals surface area (Å²) < 4.78 is 11.1. The van der Waals surface area contributed by atoms with E-state index in [0.717, 1.165) is 40.9 Å². The van der Waals surface area contributed by atoms with Crippen LogP contribution in [0.1, 0.15) is 23.2 Å². The van der Waals surface area contributed by atoms with Gasteiger partial charge in [0.2, 0.25) is 0 Å². The quantitative estimate of drug-likeness (QED) is 0.155. The maximum absolute atomic E-state index is 11.4. The van der Waals surface area contributed by atoms with Crippen LogP contribution in [0.15, 0.2) is 59.4 Å². The van der Waals surface area contributed by atoms with Crippen molar-refractivity contribution in [1.29, 1.82) is 0 Å². The number of nitrogens with one attached hydrogen (secondary N) is 2. The number of aromatic nitrogens is 3. The second-order valence-electron chi connectivity index (χ2n) is 8.26. The molecule has 5 aromatic rings. The van der Waals surface area contributed by atoms with Crippen LogP contribution in [0.3, 0.4) is 0 Å². The number of unbranched alkanes of at least 4 members (excludes halogenated alkanes) is 1. The van der Waals surface area contributed by atoms with Gasteiger partial charge >= 0.3 is 5.97 Å². The van der Waals surface area contributed by atoms with Crippen LogP contribution in [0, 0.1) is 0 Å². The van der Waals surface area contributed by atoms with Gasteiger partial charge < -0.3 is 25.0 Å². The van der Waals surface area contributed by atoms with Gasteiger partial charge in [-0.15, -0.1) is 0 Å². The fourth-order valence-electron chi connectivity index (χ4n) is 4.03. The summed E-state index contributed by atoms with van der Waals surface area (Å²) in [7, 11) is 0. The molecule has 0 radical (unpaired) electrons. The van der Waals surface area contributed by atoms with Crippen molar-refractivity contribution >= 4 is 61.9 Å².